The fraction of sp³-hybridized carbons (Fsp3) is 0.125. The molecule has 0 atom stereocenters. The van der Waals surface area contributed by atoms with Crippen molar-refractivity contribution in [1.29, 1.82) is 0 Å². The molecular weight excluding hydrogens is 190 g/mol. The molecule has 0 bridgehead atoms. The molecule has 1 aromatic carbocycles. The van der Waals surface area contributed by atoms with Gasteiger partial charge in [-0.05, 0) is 12.1 Å². The molecule has 0 fully saturated rings. The predicted molar refractivity (Wildman–Crippen MR) is 45.9 cm³/mol. The van der Waals surface area contributed by atoms with Gasteiger partial charge in [0.25, 0.3) is 0 Å². The smallest absolute Gasteiger partial charge is 0.344 e. The molecule has 74 valence electrons. The second-order valence-electron chi connectivity index (χ2n) is 2.41. The van der Waals surface area contributed by atoms with E-state index in [0.29, 0.717) is 0 Å². The summed E-state index contributed by atoms with van der Waals surface area (Å²) in [6, 6.07) is 5.74. The highest BCUT2D eigenvalue weighted by atomic mass is 16.7. The molecule has 6 nitrogen and oxygen atoms in total. The number of carboxylic acid groups (broad SMARTS) is 1. The zero-order valence-electron chi connectivity index (χ0n) is 7.04. The van der Waals surface area contributed by atoms with Crippen LogP contribution in [-0.4, -0.2) is 22.7 Å². The average molecular weight is 197 g/mol. The first-order valence-corrected chi connectivity index (χ1v) is 3.68. The number of hydrogen-bond donors (Lipinski definition) is 1. The standard InChI is InChI=1S/C8H7NO5/c10-8(11)6-3-1-2-4-7(6)14-5-9(12)13/h1-4H,5H2,(H,10,11). The largest absolute Gasteiger partial charge is 0.478 e. The Kier molecular flexibility index (Phi) is 3.01. The van der Waals surface area contributed by atoms with E-state index in [-0.39, 0.29) is 11.3 Å². The Hall–Kier alpha value is -2.11. The second-order valence-corrected chi connectivity index (χ2v) is 2.41. The van der Waals surface area contributed by atoms with Gasteiger partial charge in [0.1, 0.15) is 11.3 Å². The van der Waals surface area contributed by atoms with E-state index in [1.54, 1.807) is 6.07 Å². The number of hydrogen-bond acceptors (Lipinski definition) is 4. The molecule has 0 aliphatic heterocycles. The van der Waals surface area contributed by atoms with Crippen molar-refractivity contribution >= 4 is 5.97 Å². The Balaban J connectivity index is 2.84. The van der Waals surface area contributed by atoms with Crippen LogP contribution in [0.15, 0.2) is 24.3 Å². The zero-order chi connectivity index (χ0) is 10.6. The zero-order valence-corrected chi connectivity index (χ0v) is 7.04. The summed E-state index contributed by atoms with van der Waals surface area (Å²) in [6.45, 7) is -0.746. The third-order valence-corrected chi connectivity index (χ3v) is 1.44. The first-order valence-electron chi connectivity index (χ1n) is 3.68. The minimum absolute atomic E-state index is 0.00306. The predicted octanol–water partition coefficient (Wildman–Crippen LogP) is 0.998. The van der Waals surface area contributed by atoms with Crippen LogP contribution in [0.2, 0.25) is 0 Å². The number of nitro groups is 1. The average Bonchev–Trinajstić information content (AvgIpc) is 2.15. The third kappa shape index (κ3) is 2.44. The molecule has 1 aromatic rings. The van der Waals surface area contributed by atoms with Gasteiger partial charge < -0.3 is 9.84 Å². The molecule has 1 N–H and O–H groups in total. The third-order valence-electron chi connectivity index (χ3n) is 1.44. The van der Waals surface area contributed by atoms with Crippen LogP contribution in [0.4, 0.5) is 0 Å². The number of aromatic carboxylic acids is 1. The maximum absolute atomic E-state index is 10.6. The maximum Gasteiger partial charge on any atom is 0.344 e. The molecule has 0 heterocycles. The molecule has 0 saturated heterocycles. The fourth-order valence-electron chi connectivity index (χ4n) is 0.891. The van der Waals surface area contributed by atoms with Crippen LogP contribution < -0.4 is 4.74 Å². The summed E-state index contributed by atoms with van der Waals surface area (Å²) in [5, 5.41) is 18.7. The van der Waals surface area contributed by atoms with Crippen molar-refractivity contribution in [2.45, 2.75) is 0 Å². The lowest BCUT2D eigenvalue weighted by Gasteiger charge is -2.03. The quantitative estimate of drug-likeness (QED) is 0.441. The highest BCUT2D eigenvalue weighted by molar-refractivity contribution is 5.90. The Morgan fingerprint density at radius 1 is 1.50 bits per heavy atom. The number of para-hydroxylation sites is 1. The molecule has 0 amide bonds. The molecule has 1 rings (SSSR count). The van der Waals surface area contributed by atoms with Crippen molar-refractivity contribution in [3.8, 4) is 5.75 Å². The number of carboxylic acids is 1. The van der Waals surface area contributed by atoms with Gasteiger partial charge in [-0.1, -0.05) is 12.1 Å². The van der Waals surface area contributed by atoms with Crippen LogP contribution in [0.3, 0.4) is 0 Å². The number of ether oxygens (including phenoxy) is 1. The summed E-state index contributed by atoms with van der Waals surface area (Å²) >= 11 is 0. The van der Waals surface area contributed by atoms with Crippen LogP contribution in [0.25, 0.3) is 0 Å². The highest BCUT2D eigenvalue weighted by Gasteiger charge is 2.11. The van der Waals surface area contributed by atoms with E-state index in [4.69, 9.17) is 5.11 Å². The van der Waals surface area contributed by atoms with Gasteiger partial charge in [-0.3, -0.25) is 10.1 Å². The molecule has 0 radical (unpaired) electrons. The van der Waals surface area contributed by atoms with Crippen molar-refractivity contribution in [1.82, 2.24) is 0 Å². The fourth-order valence-corrected chi connectivity index (χ4v) is 0.891. The molecule has 6 heteroatoms. The molecule has 0 saturated carbocycles. The molecule has 0 aromatic heterocycles. The van der Waals surface area contributed by atoms with Gasteiger partial charge in [0.15, 0.2) is 0 Å². The Morgan fingerprint density at radius 3 is 2.71 bits per heavy atom. The minimum Gasteiger partial charge on any atom is -0.478 e. The normalized spacial score (nSPS) is 9.43. The topological polar surface area (TPSA) is 89.7 Å². The molecule has 14 heavy (non-hydrogen) atoms. The van der Waals surface area contributed by atoms with E-state index < -0.39 is 17.6 Å². The van der Waals surface area contributed by atoms with E-state index >= 15 is 0 Å². The van der Waals surface area contributed by atoms with Gasteiger partial charge in [0.2, 0.25) is 0 Å². The van der Waals surface area contributed by atoms with Gasteiger partial charge >= 0.3 is 12.7 Å². The number of benzene rings is 1. The van der Waals surface area contributed by atoms with Gasteiger partial charge in [-0.2, -0.15) is 0 Å². The Labute approximate surface area is 78.9 Å². The van der Waals surface area contributed by atoms with Gasteiger partial charge in [-0.25, -0.2) is 4.79 Å². The molecule has 0 aliphatic rings. The lowest BCUT2D eigenvalue weighted by atomic mass is 10.2. The van der Waals surface area contributed by atoms with E-state index in [1.807, 2.05) is 0 Å². The number of carbonyl (C=O) groups is 1. The van der Waals surface area contributed by atoms with Crippen LogP contribution >= 0.6 is 0 Å². The molecular formula is C8H7NO5. The van der Waals surface area contributed by atoms with E-state index in [2.05, 4.69) is 4.74 Å². The van der Waals surface area contributed by atoms with Gasteiger partial charge in [-0.15, -0.1) is 0 Å². The first kappa shape index (κ1) is 9.97. The minimum atomic E-state index is -1.18. The number of rotatable bonds is 4. The summed E-state index contributed by atoms with van der Waals surface area (Å²) in [4.78, 5) is 19.9. The van der Waals surface area contributed by atoms with Crippen molar-refractivity contribution in [3.63, 3.8) is 0 Å². The van der Waals surface area contributed by atoms with Crippen molar-refractivity contribution in [2.75, 3.05) is 6.73 Å². The SMILES string of the molecule is O=C(O)c1ccccc1OC[N+](=O)[O-]. The lowest BCUT2D eigenvalue weighted by Crippen LogP contribution is -2.10. The van der Waals surface area contributed by atoms with Crippen molar-refractivity contribution in [3.05, 3.63) is 39.9 Å². The highest BCUT2D eigenvalue weighted by Crippen LogP contribution is 2.17. The molecule has 0 aliphatic carbocycles. The van der Waals surface area contributed by atoms with Gasteiger partial charge in [0, 0.05) is 0 Å². The van der Waals surface area contributed by atoms with Crippen LogP contribution in [0.1, 0.15) is 10.4 Å². The van der Waals surface area contributed by atoms with E-state index in [0.717, 1.165) is 0 Å². The first-order chi connectivity index (χ1) is 6.61. The Morgan fingerprint density at radius 2 is 2.14 bits per heavy atom. The summed E-state index contributed by atoms with van der Waals surface area (Å²) in [5.41, 5.74) is -0.0886. The van der Waals surface area contributed by atoms with Crippen LogP contribution in [0.5, 0.6) is 5.75 Å². The maximum atomic E-state index is 10.6. The Bertz CT molecular complexity index is 363. The second kappa shape index (κ2) is 4.22. The lowest BCUT2D eigenvalue weighted by molar-refractivity contribution is -0.514. The van der Waals surface area contributed by atoms with Crippen LogP contribution in [-0.2, 0) is 0 Å². The molecule has 0 spiro atoms. The van der Waals surface area contributed by atoms with E-state index in [9.17, 15) is 14.9 Å². The van der Waals surface area contributed by atoms with Gasteiger partial charge in [0.05, 0.1) is 4.92 Å². The van der Waals surface area contributed by atoms with Crippen molar-refractivity contribution < 1.29 is 19.6 Å². The van der Waals surface area contributed by atoms with E-state index in [1.165, 1.54) is 18.2 Å². The van der Waals surface area contributed by atoms with Crippen molar-refractivity contribution in [2.24, 2.45) is 0 Å². The summed E-state index contributed by atoms with van der Waals surface area (Å²) in [5.74, 6) is -1.18. The molecule has 0 unspecified atom stereocenters. The monoisotopic (exact) mass is 197 g/mol. The number of nitrogens with zero attached hydrogens (tertiary/aromatic N) is 1. The summed E-state index contributed by atoms with van der Waals surface area (Å²) in [6.07, 6.45) is 0. The summed E-state index contributed by atoms with van der Waals surface area (Å²) < 4.78 is 4.68. The summed E-state index contributed by atoms with van der Waals surface area (Å²) in [7, 11) is 0. The van der Waals surface area contributed by atoms with Crippen LogP contribution in [0, 0.1) is 10.1 Å².